The Morgan fingerprint density at radius 1 is 0.964 bits per heavy atom. The van der Waals surface area contributed by atoms with E-state index in [0.29, 0.717) is 24.5 Å². The number of carbonyl (C=O) groups is 2. The summed E-state index contributed by atoms with van der Waals surface area (Å²) in [6.45, 7) is 0.344. The molecule has 2 aromatic carbocycles. The average Bonchev–Trinajstić information content (AvgIpc) is 2.73. The van der Waals surface area contributed by atoms with Crippen molar-refractivity contribution in [2.45, 2.75) is 19.1 Å². The van der Waals surface area contributed by atoms with E-state index in [1.807, 2.05) is 60.7 Å². The molecule has 142 valence electrons. The molecule has 3 aromatic rings. The van der Waals surface area contributed by atoms with Gasteiger partial charge >= 0.3 is 0 Å². The quantitative estimate of drug-likeness (QED) is 0.632. The number of benzene rings is 2. The van der Waals surface area contributed by atoms with Gasteiger partial charge in [0.1, 0.15) is 12.6 Å². The second kappa shape index (κ2) is 9.32. The van der Waals surface area contributed by atoms with E-state index in [1.165, 1.54) is 6.20 Å². The van der Waals surface area contributed by atoms with E-state index < -0.39 is 17.9 Å². The summed E-state index contributed by atoms with van der Waals surface area (Å²) in [4.78, 5) is 28.5. The smallest absolute Gasteiger partial charge is 0.252 e. The molecule has 6 nitrogen and oxygen atoms in total. The van der Waals surface area contributed by atoms with Crippen molar-refractivity contribution in [2.75, 3.05) is 0 Å². The number of pyridine rings is 1. The molecule has 1 unspecified atom stereocenters. The number of nitrogens with one attached hydrogen (secondary N) is 1. The summed E-state index contributed by atoms with van der Waals surface area (Å²) in [6, 6.07) is 21.3. The van der Waals surface area contributed by atoms with E-state index in [9.17, 15) is 9.59 Å². The summed E-state index contributed by atoms with van der Waals surface area (Å²) >= 11 is 0. The Hall–Kier alpha value is -3.67. The fraction of sp³-hybridized carbons (Fsp3) is 0.136. The Bertz CT molecular complexity index is 930. The van der Waals surface area contributed by atoms with Crippen LogP contribution in [0.4, 0.5) is 0 Å². The molecule has 0 spiro atoms. The van der Waals surface area contributed by atoms with Crippen molar-refractivity contribution in [1.29, 1.82) is 0 Å². The Morgan fingerprint density at radius 2 is 1.61 bits per heavy atom. The van der Waals surface area contributed by atoms with Crippen LogP contribution in [0.2, 0.25) is 0 Å². The van der Waals surface area contributed by atoms with Gasteiger partial charge in [0.05, 0.1) is 0 Å². The number of amides is 2. The van der Waals surface area contributed by atoms with Gasteiger partial charge in [-0.15, -0.1) is 0 Å². The van der Waals surface area contributed by atoms with E-state index >= 15 is 0 Å². The normalized spacial score (nSPS) is 11.4. The summed E-state index contributed by atoms with van der Waals surface area (Å²) in [7, 11) is 0. The van der Waals surface area contributed by atoms with Gasteiger partial charge in [-0.25, -0.2) is 4.98 Å². The van der Waals surface area contributed by atoms with Gasteiger partial charge in [0.15, 0.2) is 0 Å². The van der Waals surface area contributed by atoms with Crippen LogP contribution in [-0.2, 0) is 17.8 Å². The van der Waals surface area contributed by atoms with Gasteiger partial charge in [-0.1, -0.05) is 60.7 Å². The minimum atomic E-state index is -0.809. The predicted molar refractivity (Wildman–Crippen MR) is 106 cm³/mol. The molecular weight excluding hydrogens is 354 g/mol. The summed E-state index contributed by atoms with van der Waals surface area (Å²) in [5, 5.41) is 2.69. The number of nitrogens with two attached hydrogens (primary N) is 1. The van der Waals surface area contributed by atoms with Crippen LogP contribution in [0.15, 0.2) is 79.0 Å². The Labute approximate surface area is 163 Å². The molecule has 0 aliphatic carbocycles. The summed E-state index contributed by atoms with van der Waals surface area (Å²) in [5.74, 6) is -0.673. The topological polar surface area (TPSA) is 94.3 Å². The highest BCUT2D eigenvalue weighted by molar-refractivity contribution is 5.97. The largest absolute Gasteiger partial charge is 0.473 e. The number of ether oxygens (including phenoxy) is 1. The minimum Gasteiger partial charge on any atom is -0.473 e. The molecule has 1 atom stereocenters. The predicted octanol–water partition coefficient (Wildman–Crippen LogP) is 2.49. The molecule has 0 aliphatic heterocycles. The zero-order valence-corrected chi connectivity index (χ0v) is 15.2. The lowest BCUT2D eigenvalue weighted by Crippen LogP contribution is -2.45. The molecule has 1 aromatic heterocycles. The molecule has 3 rings (SSSR count). The first-order valence-electron chi connectivity index (χ1n) is 8.88. The van der Waals surface area contributed by atoms with Gasteiger partial charge in [-0.05, 0) is 17.2 Å². The molecule has 0 saturated carbocycles. The molecule has 2 amide bonds. The number of hydrogen-bond acceptors (Lipinski definition) is 4. The third-order valence-corrected chi connectivity index (χ3v) is 4.16. The maximum atomic E-state index is 12.6. The van der Waals surface area contributed by atoms with Crippen LogP contribution in [0.5, 0.6) is 5.88 Å². The lowest BCUT2D eigenvalue weighted by Gasteiger charge is -2.16. The third kappa shape index (κ3) is 5.41. The summed E-state index contributed by atoms with van der Waals surface area (Å²) in [5.41, 5.74) is 7.71. The fourth-order valence-corrected chi connectivity index (χ4v) is 2.68. The molecule has 3 N–H and O–H groups in total. The van der Waals surface area contributed by atoms with Crippen molar-refractivity contribution in [3.63, 3.8) is 0 Å². The Balaban J connectivity index is 1.64. The number of carbonyl (C=O) groups excluding carboxylic acids is 2. The first-order chi connectivity index (χ1) is 13.6. The standard InChI is InChI=1S/C22H21N3O3/c23-21(26)19(13-16-7-3-1-4-8-16)25-22(27)18-11-12-24-20(14-18)28-15-17-9-5-2-6-10-17/h1-12,14,19H,13,15H2,(H2,23,26)(H,25,27). The molecule has 6 heteroatoms. The molecule has 1 heterocycles. The van der Waals surface area contributed by atoms with Crippen LogP contribution in [0.1, 0.15) is 21.5 Å². The zero-order valence-electron chi connectivity index (χ0n) is 15.2. The van der Waals surface area contributed by atoms with Crippen LogP contribution in [-0.4, -0.2) is 22.8 Å². The first-order valence-corrected chi connectivity index (χ1v) is 8.88. The van der Waals surface area contributed by atoms with Gasteiger partial charge in [-0.3, -0.25) is 9.59 Å². The van der Waals surface area contributed by atoms with E-state index in [0.717, 1.165) is 11.1 Å². The van der Waals surface area contributed by atoms with Crippen LogP contribution in [0.25, 0.3) is 0 Å². The van der Waals surface area contributed by atoms with E-state index in [2.05, 4.69) is 10.3 Å². The highest BCUT2D eigenvalue weighted by atomic mass is 16.5. The summed E-state index contributed by atoms with van der Waals surface area (Å²) in [6.07, 6.45) is 1.82. The second-order valence-corrected chi connectivity index (χ2v) is 6.28. The zero-order chi connectivity index (χ0) is 19.8. The van der Waals surface area contributed by atoms with Gasteiger partial charge in [0.2, 0.25) is 11.8 Å². The monoisotopic (exact) mass is 375 g/mol. The molecule has 0 saturated heterocycles. The molecular formula is C22H21N3O3. The maximum absolute atomic E-state index is 12.6. The number of aromatic nitrogens is 1. The maximum Gasteiger partial charge on any atom is 0.252 e. The Kier molecular flexibility index (Phi) is 6.36. The molecule has 28 heavy (non-hydrogen) atoms. The van der Waals surface area contributed by atoms with Crippen LogP contribution >= 0.6 is 0 Å². The molecule has 0 radical (unpaired) electrons. The summed E-state index contributed by atoms with van der Waals surface area (Å²) < 4.78 is 5.65. The SMILES string of the molecule is NC(=O)C(Cc1ccccc1)NC(=O)c1ccnc(OCc2ccccc2)c1. The average molecular weight is 375 g/mol. The number of nitrogens with zero attached hydrogens (tertiary/aromatic N) is 1. The molecule has 0 bridgehead atoms. The lowest BCUT2D eigenvalue weighted by atomic mass is 10.1. The van der Waals surface area contributed by atoms with Crippen molar-refractivity contribution in [2.24, 2.45) is 5.73 Å². The molecule has 0 aliphatic rings. The number of rotatable bonds is 8. The van der Waals surface area contributed by atoms with Crippen LogP contribution in [0, 0.1) is 0 Å². The highest BCUT2D eigenvalue weighted by Crippen LogP contribution is 2.12. The number of primary amides is 1. The lowest BCUT2D eigenvalue weighted by molar-refractivity contribution is -0.119. The second-order valence-electron chi connectivity index (χ2n) is 6.28. The van der Waals surface area contributed by atoms with E-state index in [1.54, 1.807) is 12.1 Å². The van der Waals surface area contributed by atoms with Gasteiger partial charge in [0.25, 0.3) is 5.91 Å². The van der Waals surface area contributed by atoms with Crippen LogP contribution in [0.3, 0.4) is 0 Å². The van der Waals surface area contributed by atoms with Crippen molar-refractivity contribution in [1.82, 2.24) is 10.3 Å². The van der Waals surface area contributed by atoms with Gasteiger partial charge in [-0.2, -0.15) is 0 Å². The Morgan fingerprint density at radius 3 is 2.25 bits per heavy atom. The third-order valence-electron chi connectivity index (χ3n) is 4.16. The first kappa shape index (κ1) is 19.1. The van der Waals surface area contributed by atoms with Crippen molar-refractivity contribution in [3.05, 3.63) is 95.7 Å². The fourth-order valence-electron chi connectivity index (χ4n) is 2.68. The van der Waals surface area contributed by atoms with E-state index in [-0.39, 0.29) is 0 Å². The highest BCUT2D eigenvalue weighted by Gasteiger charge is 2.20. The van der Waals surface area contributed by atoms with Crippen molar-refractivity contribution in [3.8, 4) is 5.88 Å². The van der Waals surface area contributed by atoms with Crippen molar-refractivity contribution < 1.29 is 14.3 Å². The number of hydrogen-bond donors (Lipinski definition) is 2. The van der Waals surface area contributed by atoms with E-state index in [4.69, 9.17) is 10.5 Å². The van der Waals surface area contributed by atoms with Gasteiger partial charge in [0, 0.05) is 24.2 Å². The molecule has 0 fully saturated rings. The van der Waals surface area contributed by atoms with Crippen molar-refractivity contribution >= 4 is 11.8 Å². The minimum absolute atomic E-state index is 0.324. The van der Waals surface area contributed by atoms with Gasteiger partial charge < -0.3 is 15.8 Å². The van der Waals surface area contributed by atoms with Crippen LogP contribution < -0.4 is 15.8 Å².